The predicted molar refractivity (Wildman–Crippen MR) is 108 cm³/mol. The number of unbranched alkanes of at least 4 members (excludes halogenated alkanes) is 1. The lowest BCUT2D eigenvalue weighted by molar-refractivity contribution is 0.486. The summed E-state index contributed by atoms with van der Waals surface area (Å²) in [6, 6.07) is 12.8. The van der Waals surface area contributed by atoms with Gasteiger partial charge in [-0.05, 0) is 43.2 Å². The van der Waals surface area contributed by atoms with Crippen molar-refractivity contribution in [2.45, 2.75) is 26.7 Å². The van der Waals surface area contributed by atoms with Crippen molar-refractivity contribution in [3.63, 3.8) is 0 Å². The van der Waals surface area contributed by atoms with Crippen LogP contribution in [0.5, 0.6) is 11.5 Å². The molecule has 0 bridgehead atoms. The number of anilines is 2. The molecule has 134 valence electrons. The van der Waals surface area contributed by atoms with Crippen molar-refractivity contribution in [1.82, 2.24) is 0 Å². The van der Waals surface area contributed by atoms with Crippen LogP contribution in [0.4, 0.5) is 11.4 Å². The number of hydrogen-bond donors (Lipinski definition) is 3. The Morgan fingerprint density at radius 1 is 1.16 bits per heavy atom. The predicted octanol–water partition coefficient (Wildman–Crippen LogP) is 4.37. The van der Waals surface area contributed by atoms with E-state index in [2.05, 4.69) is 17.0 Å². The zero-order valence-electron chi connectivity index (χ0n) is 14.2. The van der Waals surface area contributed by atoms with Crippen molar-refractivity contribution in [1.29, 1.82) is 0 Å². The summed E-state index contributed by atoms with van der Waals surface area (Å²) in [5.41, 5.74) is 1.84. The average Bonchev–Trinajstić information content (AvgIpc) is 2.57. The number of rotatable bonds is 9. The number of ether oxygens (including phenoxy) is 1. The molecule has 0 radical (unpaired) electrons. The van der Waals surface area contributed by atoms with Crippen LogP contribution >= 0.6 is 12.2 Å². The molecular formula is C18H22N2O3S2. The van der Waals surface area contributed by atoms with Gasteiger partial charge in [-0.25, -0.2) is 8.42 Å². The minimum Gasteiger partial charge on any atom is -0.453 e. The number of thiol groups is 1. The van der Waals surface area contributed by atoms with E-state index in [1.165, 1.54) is 0 Å². The van der Waals surface area contributed by atoms with Crippen LogP contribution in [0.3, 0.4) is 0 Å². The maximum absolute atomic E-state index is 11.2. The second kappa shape index (κ2) is 9.39. The highest BCUT2D eigenvalue weighted by molar-refractivity contribution is 7.80. The lowest BCUT2D eigenvalue weighted by Gasteiger charge is -2.18. The van der Waals surface area contributed by atoms with E-state index < -0.39 is 10.9 Å². The first kappa shape index (κ1) is 19.2. The smallest absolute Gasteiger partial charge is 0.222 e. The fourth-order valence-corrected chi connectivity index (χ4v) is 2.74. The molecule has 25 heavy (non-hydrogen) atoms. The molecule has 2 aromatic carbocycles. The monoisotopic (exact) mass is 378 g/mol. The molecule has 7 heteroatoms. The number of nitrogens with one attached hydrogen (secondary N) is 2. The van der Waals surface area contributed by atoms with Crippen LogP contribution in [0.25, 0.3) is 0 Å². The van der Waals surface area contributed by atoms with E-state index in [9.17, 15) is 8.42 Å². The van der Waals surface area contributed by atoms with E-state index in [0.717, 1.165) is 24.9 Å². The highest BCUT2D eigenvalue weighted by Gasteiger charge is 2.15. The van der Waals surface area contributed by atoms with Gasteiger partial charge in [0.05, 0.1) is 11.4 Å². The molecule has 0 amide bonds. The fraction of sp³-hybridized carbons (Fsp3) is 0.278. The summed E-state index contributed by atoms with van der Waals surface area (Å²) in [5.74, 6) is 1.05. The molecule has 0 spiro atoms. The molecule has 0 fully saturated rings. The third-order valence-electron chi connectivity index (χ3n) is 3.52. The SMILES string of the molecule is CCCCNc1cc(C(C)=S)cc(N[SH](=O)=O)c1Oc1ccccc1. The lowest BCUT2D eigenvalue weighted by atomic mass is 10.1. The quantitative estimate of drug-likeness (QED) is 0.262. The van der Waals surface area contributed by atoms with Crippen molar-refractivity contribution in [2.24, 2.45) is 0 Å². The molecule has 0 aromatic heterocycles. The lowest BCUT2D eigenvalue weighted by Crippen LogP contribution is -2.07. The summed E-state index contributed by atoms with van der Waals surface area (Å²) >= 11 is 5.26. The van der Waals surface area contributed by atoms with Gasteiger partial charge in [-0.15, -0.1) is 0 Å². The molecule has 0 saturated heterocycles. The van der Waals surface area contributed by atoms with Gasteiger partial charge >= 0.3 is 0 Å². The van der Waals surface area contributed by atoms with E-state index in [-0.39, 0.29) is 0 Å². The van der Waals surface area contributed by atoms with Gasteiger partial charge in [0.15, 0.2) is 5.75 Å². The van der Waals surface area contributed by atoms with Crippen LogP contribution < -0.4 is 14.8 Å². The van der Waals surface area contributed by atoms with Crippen LogP contribution in [0.2, 0.25) is 0 Å². The Hall–Kier alpha value is -2.12. The first-order valence-corrected chi connectivity index (χ1v) is 9.66. The van der Waals surface area contributed by atoms with E-state index in [0.29, 0.717) is 27.7 Å². The van der Waals surface area contributed by atoms with Crippen LogP contribution in [0, 0.1) is 0 Å². The molecule has 0 aliphatic rings. The van der Waals surface area contributed by atoms with E-state index >= 15 is 0 Å². The third kappa shape index (κ3) is 5.72. The highest BCUT2D eigenvalue weighted by Crippen LogP contribution is 2.38. The average molecular weight is 379 g/mol. The maximum atomic E-state index is 11.2. The second-order valence-electron chi connectivity index (χ2n) is 5.52. The Morgan fingerprint density at radius 3 is 2.44 bits per heavy atom. The molecule has 0 aliphatic heterocycles. The van der Waals surface area contributed by atoms with Crippen molar-refractivity contribution in [2.75, 3.05) is 16.6 Å². The van der Waals surface area contributed by atoms with E-state index in [1.807, 2.05) is 36.4 Å². The van der Waals surface area contributed by atoms with Crippen molar-refractivity contribution in [3.05, 3.63) is 48.0 Å². The zero-order valence-corrected chi connectivity index (χ0v) is 16.0. The molecule has 0 unspecified atom stereocenters. The van der Waals surface area contributed by atoms with Crippen molar-refractivity contribution < 1.29 is 13.2 Å². The molecule has 2 N–H and O–H groups in total. The van der Waals surface area contributed by atoms with Crippen LogP contribution in [-0.4, -0.2) is 19.8 Å². The number of thiocarbonyl (C=S) groups is 1. The summed E-state index contributed by atoms with van der Waals surface area (Å²) in [5, 5.41) is 3.32. The molecule has 2 aromatic rings. The minimum atomic E-state index is -2.83. The highest BCUT2D eigenvalue weighted by atomic mass is 32.2. The van der Waals surface area contributed by atoms with Crippen LogP contribution in [0.1, 0.15) is 32.3 Å². The largest absolute Gasteiger partial charge is 0.453 e. The van der Waals surface area contributed by atoms with Crippen LogP contribution in [0.15, 0.2) is 42.5 Å². The fourth-order valence-electron chi connectivity index (χ4n) is 2.26. The summed E-state index contributed by atoms with van der Waals surface area (Å²) in [6.45, 7) is 4.67. The molecule has 0 atom stereocenters. The van der Waals surface area contributed by atoms with Gasteiger partial charge in [-0.2, -0.15) is 0 Å². The van der Waals surface area contributed by atoms with Crippen molar-refractivity contribution >= 4 is 39.3 Å². The van der Waals surface area contributed by atoms with Gasteiger partial charge in [-0.1, -0.05) is 43.8 Å². The second-order valence-corrected chi connectivity index (χ2v) is 6.87. The first-order chi connectivity index (χ1) is 12.0. The summed E-state index contributed by atoms with van der Waals surface area (Å²) in [7, 11) is -2.83. The van der Waals surface area contributed by atoms with Gasteiger partial charge < -0.3 is 10.1 Å². The summed E-state index contributed by atoms with van der Waals surface area (Å²) < 4.78 is 30.9. The van der Waals surface area contributed by atoms with Crippen molar-refractivity contribution in [3.8, 4) is 11.5 Å². The molecule has 0 heterocycles. The third-order valence-corrected chi connectivity index (χ3v) is 4.18. The maximum Gasteiger partial charge on any atom is 0.222 e. The van der Waals surface area contributed by atoms with Gasteiger partial charge in [0.25, 0.3) is 0 Å². The number of para-hydroxylation sites is 1. The first-order valence-electron chi connectivity index (χ1n) is 8.08. The Balaban J connectivity index is 2.50. The molecular weight excluding hydrogens is 356 g/mol. The number of benzene rings is 2. The minimum absolute atomic E-state index is 0.362. The topological polar surface area (TPSA) is 67.4 Å². The molecule has 2 rings (SSSR count). The molecule has 5 nitrogen and oxygen atoms in total. The Labute approximate surface area is 155 Å². The summed E-state index contributed by atoms with van der Waals surface area (Å²) in [6.07, 6.45) is 2.04. The Kier molecular flexibility index (Phi) is 7.21. The normalized spacial score (nSPS) is 10.5. The van der Waals surface area contributed by atoms with Gasteiger partial charge in [0, 0.05) is 11.4 Å². The van der Waals surface area contributed by atoms with Crippen LogP contribution in [-0.2, 0) is 10.9 Å². The molecule has 0 aliphatic carbocycles. The standard InChI is InChI=1S/C18H22N2O3S2/c1-3-4-10-19-16-11-14(13(2)24)12-17(20-25(21)22)18(16)23-15-8-6-5-7-9-15/h5-9,11-12,19,25H,3-4,10H2,1-2H3,(H,20,21,22). The molecule has 0 saturated carbocycles. The number of hydrogen-bond acceptors (Lipinski definition) is 5. The van der Waals surface area contributed by atoms with E-state index in [1.54, 1.807) is 13.0 Å². The van der Waals surface area contributed by atoms with Gasteiger partial charge in [0.2, 0.25) is 10.9 Å². The Bertz CT molecular complexity index is 797. The van der Waals surface area contributed by atoms with Gasteiger partial charge in [-0.3, -0.25) is 4.72 Å². The summed E-state index contributed by atoms with van der Waals surface area (Å²) in [4.78, 5) is 0.675. The zero-order chi connectivity index (χ0) is 18.2. The van der Waals surface area contributed by atoms with Gasteiger partial charge in [0.1, 0.15) is 5.75 Å². The van der Waals surface area contributed by atoms with E-state index in [4.69, 9.17) is 17.0 Å². The Morgan fingerprint density at radius 2 is 1.84 bits per heavy atom.